The predicted molar refractivity (Wildman–Crippen MR) is 103 cm³/mol. The number of likely N-dealkylation sites (tertiary alicyclic amines) is 1. The van der Waals surface area contributed by atoms with E-state index in [2.05, 4.69) is 56.0 Å². The fourth-order valence-corrected chi connectivity index (χ4v) is 5.11. The topological polar surface area (TPSA) is 23.5 Å². The Bertz CT molecular complexity index is 783. The SMILES string of the molecule is Cc1cccc(CCN2CCC3(C)c4cc(O)ccc4CC2C3C)c1. The van der Waals surface area contributed by atoms with E-state index in [1.54, 1.807) is 0 Å². The number of nitrogens with zero attached hydrogens (tertiary/aromatic N) is 1. The number of phenols is 1. The smallest absolute Gasteiger partial charge is 0.115 e. The molecule has 0 spiro atoms. The van der Waals surface area contributed by atoms with E-state index in [9.17, 15) is 5.11 Å². The van der Waals surface area contributed by atoms with Gasteiger partial charge in [-0.25, -0.2) is 0 Å². The maximum atomic E-state index is 9.96. The van der Waals surface area contributed by atoms with E-state index in [1.807, 2.05) is 12.1 Å². The number of rotatable bonds is 3. The molecule has 0 amide bonds. The molecule has 25 heavy (non-hydrogen) atoms. The number of hydrogen-bond acceptors (Lipinski definition) is 2. The van der Waals surface area contributed by atoms with Gasteiger partial charge in [0.1, 0.15) is 5.75 Å². The van der Waals surface area contributed by atoms with Crippen LogP contribution in [0.25, 0.3) is 0 Å². The summed E-state index contributed by atoms with van der Waals surface area (Å²) in [5.74, 6) is 1.03. The van der Waals surface area contributed by atoms with Gasteiger partial charge in [-0.05, 0) is 72.9 Å². The zero-order valence-electron chi connectivity index (χ0n) is 15.6. The summed E-state index contributed by atoms with van der Waals surface area (Å²) in [5, 5.41) is 9.96. The highest BCUT2D eigenvalue weighted by atomic mass is 16.3. The van der Waals surface area contributed by atoms with Crippen molar-refractivity contribution in [2.75, 3.05) is 13.1 Å². The van der Waals surface area contributed by atoms with Crippen molar-refractivity contribution in [2.24, 2.45) is 5.92 Å². The lowest BCUT2D eigenvalue weighted by Gasteiger charge is -2.54. The molecule has 3 atom stereocenters. The number of benzene rings is 2. The third kappa shape index (κ3) is 2.87. The van der Waals surface area contributed by atoms with Gasteiger partial charge in [0.15, 0.2) is 0 Å². The molecule has 132 valence electrons. The van der Waals surface area contributed by atoms with Crippen LogP contribution in [0.4, 0.5) is 0 Å². The van der Waals surface area contributed by atoms with Gasteiger partial charge in [0.05, 0.1) is 0 Å². The van der Waals surface area contributed by atoms with Crippen molar-refractivity contribution in [1.82, 2.24) is 4.90 Å². The van der Waals surface area contributed by atoms with Crippen LogP contribution in [0.2, 0.25) is 0 Å². The van der Waals surface area contributed by atoms with Crippen LogP contribution in [0.5, 0.6) is 5.75 Å². The van der Waals surface area contributed by atoms with Gasteiger partial charge in [-0.1, -0.05) is 49.7 Å². The summed E-state index contributed by atoms with van der Waals surface area (Å²) in [6.45, 7) is 9.29. The van der Waals surface area contributed by atoms with Crippen LogP contribution in [-0.4, -0.2) is 29.1 Å². The third-order valence-corrected chi connectivity index (χ3v) is 6.88. The Balaban J connectivity index is 1.56. The summed E-state index contributed by atoms with van der Waals surface area (Å²) in [6, 6.07) is 15.5. The van der Waals surface area contributed by atoms with Gasteiger partial charge in [0, 0.05) is 12.6 Å². The van der Waals surface area contributed by atoms with Gasteiger partial charge >= 0.3 is 0 Å². The first-order valence-electron chi connectivity index (χ1n) is 9.59. The minimum atomic E-state index is 0.191. The Morgan fingerprint density at radius 2 is 2.04 bits per heavy atom. The molecule has 1 heterocycles. The normalized spacial score (nSPS) is 28.6. The van der Waals surface area contributed by atoms with Crippen molar-refractivity contribution < 1.29 is 5.11 Å². The molecule has 2 aliphatic rings. The largest absolute Gasteiger partial charge is 0.508 e. The maximum Gasteiger partial charge on any atom is 0.115 e. The minimum absolute atomic E-state index is 0.191. The Hall–Kier alpha value is -1.80. The molecular weight excluding hydrogens is 306 g/mol. The number of aryl methyl sites for hydroxylation is 1. The number of aromatic hydroxyl groups is 1. The zero-order chi connectivity index (χ0) is 17.6. The maximum absolute atomic E-state index is 9.96. The summed E-state index contributed by atoms with van der Waals surface area (Å²) in [5.41, 5.74) is 5.81. The first kappa shape index (κ1) is 16.7. The molecule has 4 rings (SSSR count). The average Bonchev–Trinajstić information content (AvgIpc) is 2.58. The summed E-state index contributed by atoms with van der Waals surface area (Å²) in [6.07, 6.45) is 3.42. The molecule has 1 N–H and O–H groups in total. The Kier molecular flexibility index (Phi) is 4.11. The molecule has 2 aromatic carbocycles. The fraction of sp³-hybridized carbons (Fsp3) is 0.478. The molecular formula is C23H29NO. The van der Waals surface area contributed by atoms with Gasteiger partial charge in [-0.15, -0.1) is 0 Å². The van der Waals surface area contributed by atoms with Crippen LogP contribution in [0.1, 0.15) is 42.5 Å². The Labute approximate surface area is 151 Å². The Morgan fingerprint density at radius 3 is 2.84 bits per heavy atom. The van der Waals surface area contributed by atoms with Crippen LogP contribution < -0.4 is 0 Å². The highest BCUT2D eigenvalue weighted by Gasteiger charge is 2.48. The number of hydrogen-bond donors (Lipinski definition) is 1. The van der Waals surface area contributed by atoms with Gasteiger partial charge in [-0.3, -0.25) is 4.90 Å². The van der Waals surface area contributed by atoms with Gasteiger partial charge in [0.2, 0.25) is 0 Å². The molecule has 0 aromatic heterocycles. The van der Waals surface area contributed by atoms with Gasteiger partial charge in [0.25, 0.3) is 0 Å². The second-order valence-electron chi connectivity index (χ2n) is 8.34. The molecule has 0 radical (unpaired) electrons. The van der Waals surface area contributed by atoms with E-state index in [-0.39, 0.29) is 5.41 Å². The van der Waals surface area contributed by atoms with Crippen LogP contribution in [0.15, 0.2) is 42.5 Å². The lowest BCUT2D eigenvalue weighted by Crippen LogP contribution is -2.58. The van der Waals surface area contributed by atoms with Crippen molar-refractivity contribution in [2.45, 2.75) is 51.5 Å². The molecule has 2 heteroatoms. The number of fused-ring (bicyclic) bond motifs is 4. The van der Waals surface area contributed by atoms with Crippen LogP contribution in [0, 0.1) is 12.8 Å². The van der Waals surface area contributed by atoms with Crippen LogP contribution >= 0.6 is 0 Å². The molecule has 2 nitrogen and oxygen atoms in total. The first-order chi connectivity index (χ1) is 12.0. The van der Waals surface area contributed by atoms with E-state index in [1.165, 1.54) is 28.7 Å². The van der Waals surface area contributed by atoms with Gasteiger partial charge < -0.3 is 5.11 Å². The molecule has 1 aliphatic heterocycles. The first-order valence-corrected chi connectivity index (χ1v) is 9.59. The van der Waals surface area contributed by atoms with Crippen LogP contribution in [-0.2, 0) is 18.3 Å². The lowest BCUT2D eigenvalue weighted by molar-refractivity contribution is 0.0322. The van der Waals surface area contributed by atoms with E-state index < -0.39 is 0 Å². The van der Waals surface area contributed by atoms with Crippen molar-refractivity contribution >= 4 is 0 Å². The molecule has 1 fully saturated rings. The third-order valence-electron chi connectivity index (χ3n) is 6.88. The number of piperidine rings is 1. The molecule has 2 bridgehead atoms. The van der Waals surface area contributed by atoms with Crippen molar-refractivity contribution in [1.29, 1.82) is 0 Å². The fourth-order valence-electron chi connectivity index (χ4n) is 5.11. The summed E-state index contributed by atoms with van der Waals surface area (Å²) in [4.78, 5) is 2.71. The van der Waals surface area contributed by atoms with E-state index >= 15 is 0 Å². The molecule has 2 aromatic rings. The van der Waals surface area contributed by atoms with Crippen molar-refractivity contribution in [3.05, 3.63) is 64.7 Å². The van der Waals surface area contributed by atoms with E-state index in [0.717, 1.165) is 25.9 Å². The van der Waals surface area contributed by atoms with E-state index in [4.69, 9.17) is 0 Å². The number of phenolic OH excluding ortho intramolecular Hbond substituents is 1. The van der Waals surface area contributed by atoms with Crippen LogP contribution in [0.3, 0.4) is 0 Å². The molecule has 0 saturated carbocycles. The highest BCUT2D eigenvalue weighted by Crippen LogP contribution is 2.49. The summed E-state index contributed by atoms with van der Waals surface area (Å²) in [7, 11) is 0. The molecule has 1 aliphatic carbocycles. The standard InChI is InChI=1S/C23H29NO/c1-16-5-4-6-18(13-16)9-11-24-12-10-23(3)17(2)22(24)14-19-7-8-20(25)15-21(19)23/h4-8,13,15,17,22,25H,9-12,14H2,1-3H3. The Morgan fingerprint density at radius 1 is 1.20 bits per heavy atom. The highest BCUT2D eigenvalue weighted by molar-refractivity contribution is 5.44. The van der Waals surface area contributed by atoms with E-state index in [0.29, 0.717) is 17.7 Å². The quantitative estimate of drug-likeness (QED) is 0.895. The van der Waals surface area contributed by atoms with Crippen molar-refractivity contribution in [3.8, 4) is 5.75 Å². The summed E-state index contributed by atoms with van der Waals surface area (Å²) >= 11 is 0. The van der Waals surface area contributed by atoms with Gasteiger partial charge in [-0.2, -0.15) is 0 Å². The lowest BCUT2D eigenvalue weighted by atomic mass is 9.59. The molecule has 1 saturated heterocycles. The zero-order valence-corrected chi connectivity index (χ0v) is 15.6. The molecule has 3 unspecified atom stereocenters. The van der Waals surface area contributed by atoms with Crippen molar-refractivity contribution in [3.63, 3.8) is 0 Å². The summed E-state index contributed by atoms with van der Waals surface area (Å²) < 4.78 is 0. The second kappa shape index (κ2) is 6.17. The second-order valence-corrected chi connectivity index (χ2v) is 8.34. The average molecular weight is 335 g/mol. The minimum Gasteiger partial charge on any atom is -0.508 e. The predicted octanol–water partition coefficient (Wildman–Crippen LogP) is 4.47. The monoisotopic (exact) mass is 335 g/mol.